The van der Waals surface area contributed by atoms with Crippen LogP contribution in [0.5, 0.6) is 0 Å². The summed E-state index contributed by atoms with van der Waals surface area (Å²) in [6, 6.07) is 0. The summed E-state index contributed by atoms with van der Waals surface area (Å²) in [5.74, 6) is 0.701. The zero-order valence-electron chi connectivity index (χ0n) is 8.15. The van der Waals surface area contributed by atoms with Crippen molar-refractivity contribution in [3.63, 3.8) is 0 Å². The van der Waals surface area contributed by atoms with Crippen molar-refractivity contribution in [3.05, 3.63) is 11.1 Å². The predicted octanol–water partition coefficient (Wildman–Crippen LogP) is 4.65. The molecule has 0 aromatic rings. The molecule has 2 rings (SSSR count). The Morgan fingerprint density at radius 1 is 1.00 bits per heavy atom. The standard InChI is InChI=1S/C10H10Cl6/c11-1-4-5-7(14)6(9(16)8(5)15)10(4,2-12)3-13/h1,5-9H,2-3H2/b4-1+/t5-,6?,7?,8+,9+/m1/s1. The summed E-state index contributed by atoms with van der Waals surface area (Å²) < 4.78 is 0. The van der Waals surface area contributed by atoms with E-state index < -0.39 is 5.41 Å². The number of fused-ring (bicyclic) bond motifs is 2. The van der Waals surface area contributed by atoms with Gasteiger partial charge in [0.05, 0.1) is 10.8 Å². The minimum atomic E-state index is -0.403. The van der Waals surface area contributed by atoms with E-state index in [4.69, 9.17) is 69.6 Å². The normalized spacial score (nSPS) is 47.9. The van der Waals surface area contributed by atoms with Gasteiger partial charge in [0.1, 0.15) is 0 Å². The van der Waals surface area contributed by atoms with Crippen LogP contribution in [0.4, 0.5) is 0 Å². The SMILES string of the molecule is Cl/C=C1\[C@@H]2C(Cl)C([C@H](Cl)[C@H]2Cl)C1(CCl)CCl. The van der Waals surface area contributed by atoms with Gasteiger partial charge in [0.25, 0.3) is 0 Å². The van der Waals surface area contributed by atoms with E-state index >= 15 is 0 Å². The number of hydrogen-bond donors (Lipinski definition) is 0. The highest BCUT2D eigenvalue weighted by atomic mass is 35.5. The Bertz CT molecular complexity index is 310. The van der Waals surface area contributed by atoms with Gasteiger partial charge in [-0.15, -0.1) is 58.0 Å². The van der Waals surface area contributed by atoms with E-state index in [1.54, 1.807) is 0 Å². The van der Waals surface area contributed by atoms with Crippen molar-refractivity contribution < 1.29 is 0 Å². The van der Waals surface area contributed by atoms with Crippen LogP contribution in [0.3, 0.4) is 0 Å². The van der Waals surface area contributed by atoms with E-state index in [1.807, 2.05) is 0 Å². The van der Waals surface area contributed by atoms with Crippen LogP contribution in [0.15, 0.2) is 11.1 Å². The fraction of sp³-hybridized carbons (Fsp3) is 0.800. The molecule has 0 N–H and O–H groups in total. The molecule has 0 amide bonds. The topological polar surface area (TPSA) is 0 Å². The first-order valence-corrected chi connectivity index (χ1v) is 7.71. The van der Waals surface area contributed by atoms with E-state index in [9.17, 15) is 0 Å². The molecule has 6 heteroatoms. The lowest BCUT2D eigenvalue weighted by Crippen LogP contribution is -2.43. The van der Waals surface area contributed by atoms with Gasteiger partial charge in [-0.05, 0) is 5.57 Å². The van der Waals surface area contributed by atoms with Crippen LogP contribution in [-0.2, 0) is 0 Å². The van der Waals surface area contributed by atoms with Crippen LogP contribution in [0, 0.1) is 17.3 Å². The van der Waals surface area contributed by atoms with Crippen molar-refractivity contribution in [2.75, 3.05) is 11.8 Å². The molecule has 0 nitrogen and oxygen atoms in total. The summed E-state index contributed by atoms with van der Waals surface area (Å²) in [6.45, 7) is 0. The maximum atomic E-state index is 6.39. The molecule has 0 aromatic heterocycles. The molecule has 0 heterocycles. The van der Waals surface area contributed by atoms with Gasteiger partial charge in [-0.25, -0.2) is 0 Å². The first-order chi connectivity index (χ1) is 7.55. The quantitative estimate of drug-likeness (QED) is 0.640. The van der Waals surface area contributed by atoms with Crippen molar-refractivity contribution in [1.29, 1.82) is 0 Å². The lowest BCUT2D eigenvalue weighted by Gasteiger charge is -2.40. The van der Waals surface area contributed by atoms with Gasteiger partial charge in [-0.1, -0.05) is 11.6 Å². The van der Waals surface area contributed by atoms with Crippen LogP contribution < -0.4 is 0 Å². The molecule has 5 atom stereocenters. The molecule has 0 radical (unpaired) electrons. The second-order valence-corrected chi connectivity index (χ2v) is 6.64. The summed E-state index contributed by atoms with van der Waals surface area (Å²) in [6.07, 6.45) is 0. The molecule has 2 bridgehead atoms. The van der Waals surface area contributed by atoms with E-state index in [0.29, 0.717) is 11.8 Å². The Hall–Kier alpha value is 1.48. The molecule has 0 spiro atoms. The number of alkyl halides is 5. The summed E-state index contributed by atoms with van der Waals surface area (Å²) in [5.41, 5.74) is 2.09. The summed E-state index contributed by atoms with van der Waals surface area (Å²) in [4.78, 5) is 0. The lowest BCUT2D eigenvalue weighted by molar-refractivity contribution is 0.306. The fourth-order valence-electron chi connectivity index (χ4n) is 3.00. The van der Waals surface area contributed by atoms with Crippen molar-refractivity contribution in [1.82, 2.24) is 0 Å². The van der Waals surface area contributed by atoms with E-state index in [0.717, 1.165) is 5.57 Å². The Kier molecular flexibility index (Phi) is 4.23. The molecule has 0 aromatic carbocycles. The van der Waals surface area contributed by atoms with Crippen LogP contribution in [0.2, 0.25) is 0 Å². The van der Waals surface area contributed by atoms with E-state index in [-0.39, 0.29) is 28.0 Å². The van der Waals surface area contributed by atoms with Crippen LogP contribution >= 0.6 is 69.6 Å². The Morgan fingerprint density at radius 3 is 2.00 bits per heavy atom. The number of halogens is 6. The summed E-state index contributed by atoms with van der Waals surface area (Å²) in [7, 11) is 0. The van der Waals surface area contributed by atoms with Gasteiger partial charge in [0, 0.05) is 39.9 Å². The molecule has 2 fully saturated rings. The second-order valence-electron chi connectivity index (χ2n) is 4.37. The largest absolute Gasteiger partial charge is 0.126 e. The maximum Gasteiger partial charge on any atom is 0.0583 e. The molecule has 0 saturated heterocycles. The Morgan fingerprint density at radius 2 is 1.56 bits per heavy atom. The molecule has 0 aliphatic heterocycles. The molecular weight excluding hydrogens is 333 g/mol. The van der Waals surface area contributed by atoms with Crippen LogP contribution in [-0.4, -0.2) is 27.9 Å². The first-order valence-electron chi connectivity index (χ1n) is 4.90. The summed E-state index contributed by atoms with van der Waals surface area (Å²) >= 11 is 37.0. The third kappa shape index (κ3) is 1.57. The molecular formula is C10H10Cl6. The van der Waals surface area contributed by atoms with Crippen LogP contribution in [0.25, 0.3) is 0 Å². The molecule has 2 unspecified atom stereocenters. The average molecular weight is 343 g/mol. The fourth-order valence-corrected chi connectivity index (χ4v) is 6.15. The van der Waals surface area contributed by atoms with Gasteiger partial charge >= 0.3 is 0 Å². The summed E-state index contributed by atoms with van der Waals surface area (Å²) in [5, 5.41) is -0.529. The monoisotopic (exact) mass is 340 g/mol. The predicted molar refractivity (Wildman–Crippen MR) is 73.7 cm³/mol. The molecule has 2 saturated carbocycles. The van der Waals surface area contributed by atoms with Gasteiger partial charge < -0.3 is 0 Å². The highest BCUT2D eigenvalue weighted by molar-refractivity contribution is 6.35. The third-order valence-corrected chi connectivity index (χ3v) is 6.79. The second kappa shape index (κ2) is 4.87. The number of allylic oxidation sites excluding steroid dienone is 1. The van der Waals surface area contributed by atoms with Crippen molar-refractivity contribution in [2.24, 2.45) is 17.3 Å². The van der Waals surface area contributed by atoms with Crippen molar-refractivity contribution >= 4 is 69.6 Å². The van der Waals surface area contributed by atoms with Crippen molar-refractivity contribution in [2.45, 2.75) is 16.1 Å². The Labute approximate surface area is 125 Å². The lowest BCUT2D eigenvalue weighted by atomic mass is 9.72. The maximum absolute atomic E-state index is 6.39. The zero-order chi connectivity index (χ0) is 12.1. The third-order valence-electron chi connectivity index (χ3n) is 3.84. The number of hydrogen-bond acceptors (Lipinski definition) is 0. The van der Waals surface area contributed by atoms with E-state index in [1.165, 1.54) is 5.54 Å². The average Bonchev–Trinajstić information content (AvgIpc) is 2.66. The highest BCUT2D eigenvalue weighted by Crippen LogP contribution is 2.64. The molecule has 92 valence electrons. The smallest absolute Gasteiger partial charge is 0.0583 e. The highest BCUT2D eigenvalue weighted by Gasteiger charge is 2.66. The van der Waals surface area contributed by atoms with E-state index in [2.05, 4.69) is 0 Å². The molecule has 16 heavy (non-hydrogen) atoms. The zero-order valence-corrected chi connectivity index (χ0v) is 12.7. The van der Waals surface area contributed by atoms with Gasteiger partial charge in [0.2, 0.25) is 0 Å². The first kappa shape index (κ1) is 13.9. The minimum Gasteiger partial charge on any atom is -0.126 e. The Balaban J connectivity index is 2.50. The number of rotatable bonds is 2. The minimum absolute atomic E-state index is 0.0108. The van der Waals surface area contributed by atoms with Crippen molar-refractivity contribution in [3.8, 4) is 0 Å². The van der Waals surface area contributed by atoms with Gasteiger partial charge in [0.15, 0.2) is 0 Å². The molecule has 2 aliphatic carbocycles. The molecule has 2 aliphatic rings. The van der Waals surface area contributed by atoms with Crippen LogP contribution in [0.1, 0.15) is 0 Å². The van der Waals surface area contributed by atoms with Gasteiger partial charge in [-0.3, -0.25) is 0 Å². The van der Waals surface area contributed by atoms with Gasteiger partial charge in [-0.2, -0.15) is 0 Å².